The Bertz CT molecular complexity index is 935. The van der Waals surface area contributed by atoms with Crippen molar-refractivity contribution in [2.24, 2.45) is 0 Å². The third kappa shape index (κ3) is 5.05. The first-order valence-corrected chi connectivity index (χ1v) is 10.3. The molecule has 2 aromatic carbocycles. The summed E-state index contributed by atoms with van der Waals surface area (Å²) in [5, 5.41) is 0. The van der Waals surface area contributed by atoms with Gasteiger partial charge in [-0.05, 0) is 64.1 Å². The highest BCUT2D eigenvalue weighted by Crippen LogP contribution is 2.30. The maximum atomic E-state index is 13.2. The van der Waals surface area contributed by atoms with Crippen LogP contribution in [0.2, 0.25) is 0 Å². The summed E-state index contributed by atoms with van der Waals surface area (Å²) in [7, 11) is 0. The first-order valence-electron chi connectivity index (χ1n) is 10.3. The number of benzene rings is 2. The average Bonchev–Trinajstić information content (AvgIpc) is 3.01. The molecule has 31 heavy (non-hydrogen) atoms. The van der Waals surface area contributed by atoms with Crippen LogP contribution in [0, 0.1) is 0 Å². The molecule has 0 bridgehead atoms. The molecule has 1 fully saturated rings. The van der Waals surface area contributed by atoms with E-state index in [4.69, 9.17) is 9.47 Å². The lowest BCUT2D eigenvalue weighted by Gasteiger charge is -2.39. The van der Waals surface area contributed by atoms with Crippen molar-refractivity contribution in [2.45, 2.75) is 45.7 Å². The molecule has 0 saturated carbocycles. The number of anilines is 1. The van der Waals surface area contributed by atoms with Gasteiger partial charge in [0, 0.05) is 5.54 Å². The lowest BCUT2D eigenvalue weighted by atomic mass is 10.0. The molecule has 0 spiro atoms. The maximum absolute atomic E-state index is 13.2. The Hall–Kier alpha value is -3.35. The molecule has 0 aliphatic carbocycles. The number of amides is 3. The highest BCUT2D eigenvalue weighted by molar-refractivity contribution is 6.23. The number of carbonyl (C=O) groups excluding carboxylic acids is 3. The van der Waals surface area contributed by atoms with Crippen LogP contribution in [0.3, 0.4) is 0 Å². The Morgan fingerprint density at radius 2 is 1.61 bits per heavy atom. The van der Waals surface area contributed by atoms with Gasteiger partial charge in [-0.2, -0.15) is 0 Å². The highest BCUT2D eigenvalue weighted by atomic mass is 16.5. The maximum Gasteiger partial charge on any atom is 0.261 e. The zero-order valence-corrected chi connectivity index (χ0v) is 18.3. The van der Waals surface area contributed by atoms with Gasteiger partial charge in [-0.25, -0.2) is 4.90 Å². The van der Waals surface area contributed by atoms with E-state index in [2.05, 4.69) is 0 Å². The number of rotatable bonds is 7. The Kier molecular flexibility index (Phi) is 6.63. The molecule has 1 aliphatic rings. The van der Waals surface area contributed by atoms with Crippen molar-refractivity contribution in [2.75, 3.05) is 18.1 Å². The van der Waals surface area contributed by atoms with Gasteiger partial charge in [-0.1, -0.05) is 18.2 Å². The predicted octanol–water partition coefficient (Wildman–Crippen LogP) is 3.42. The first-order chi connectivity index (χ1) is 14.7. The van der Waals surface area contributed by atoms with Gasteiger partial charge in [-0.3, -0.25) is 14.4 Å². The summed E-state index contributed by atoms with van der Waals surface area (Å²) in [5.74, 6) is 0.111. The summed E-state index contributed by atoms with van der Waals surface area (Å²) in [4.78, 5) is 41.6. The van der Waals surface area contributed by atoms with Crippen LogP contribution in [0.15, 0.2) is 54.6 Å². The minimum atomic E-state index is -0.883. The highest BCUT2D eigenvalue weighted by Gasteiger charge is 2.47. The number of carbonyl (C=O) groups is 3. The van der Waals surface area contributed by atoms with E-state index in [0.29, 0.717) is 23.8 Å². The van der Waals surface area contributed by atoms with Crippen LogP contribution in [0.5, 0.6) is 11.5 Å². The van der Waals surface area contributed by atoms with Crippen molar-refractivity contribution < 1.29 is 23.9 Å². The van der Waals surface area contributed by atoms with Gasteiger partial charge in [0.25, 0.3) is 11.8 Å². The second-order valence-corrected chi connectivity index (χ2v) is 8.25. The van der Waals surface area contributed by atoms with E-state index >= 15 is 0 Å². The summed E-state index contributed by atoms with van der Waals surface area (Å²) in [6.07, 6.45) is -0.0691. The number of para-hydroxylation sites is 1. The third-order valence-electron chi connectivity index (χ3n) is 4.94. The quantitative estimate of drug-likeness (QED) is 0.637. The molecule has 0 aromatic heterocycles. The van der Waals surface area contributed by atoms with Crippen molar-refractivity contribution in [3.8, 4) is 11.5 Å². The molecule has 1 saturated heterocycles. The third-order valence-corrected chi connectivity index (χ3v) is 4.94. The molecule has 7 nitrogen and oxygen atoms in total. The molecule has 0 radical (unpaired) electrons. The van der Waals surface area contributed by atoms with Crippen LogP contribution < -0.4 is 14.4 Å². The van der Waals surface area contributed by atoms with Crippen LogP contribution in [0.1, 0.15) is 34.1 Å². The van der Waals surface area contributed by atoms with Crippen molar-refractivity contribution >= 4 is 23.4 Å². The molecular formula is C24H28N2O5. The van der Waals surface area contributed by atoms with Crippen LogP contribution >= 0.6 is 0 Å². The van der Waals surface area contributed by atoms with E-state index in [1.165, 1.54) is 4.90 Å². The van der Waals surface area contributed by atoms with E-state index in [9.17, 15) is 14.4 Å². The molecule has 2 aromatic rings. The molecule has 1 aliphatic heterocycles. The monoisotopic (exact) mass is 424 g/mol. The molecule has 164 valence electrons. The summed E-state index contributed by atoms with van der Waals surface area (Å²) in [6, 6.07) is 14.9. The molecule has 0 N–H and O–H groups in total. The van der Waals surface area contributed by atoms with Crippen LogP contribution in [0.4, 0.5) is 5.69 Å². The van der Waals surface area contributed by atoms with Crippen molar-refractivity contribution in [1.82, 2.24) is 4.90 Å². The van der Waals surface area contributed by atoms with Gasteiger partial charge in [-0.15, -0.1) is 0 Å². The van der Waals surface area contributed by atoms with Gasteiger partial charge in [0.1, 0.15) is 17.5 Å². The van der Waals surface area contributed by atoms with E-state index < -0.39 is 17.5 Å². The summed E-state index contributed by atoms with van der Waals surface area (Å²) < 4.78 is 11.0. The van der Waals surface area contributed by atoms with E-state index in [1.54, 1.807) is 36.4 Å². The second-order valence-electron chi connectivity index (χ2n) is 8.25. The Balaban J connectivity index is 1.79. The van der Waals surface area contributed by atoms with Gasteiger partial charge in [0.2, 0.25) is 5.91 Å². The van der Waals surface area contributed by atoms with E-state index in [-0.39, 0.29) is 24.8 Å². The van der Waals surface area contributed by atoms with Crippen LogP contribution in [-0.4, -0.2) is 47.4 Å². The summed E-state index contributed by atoms with van der Waals surface area (Å²) in [6.45, 7) is 7.70. The number of hydrogen-bond donors (Lipinski definition) is 0. The van der Waals surface area contributed by atoms with Crippen LogP contribution in [-0.2, 0) is 14.4 Å². The number of imide groups is 1. The Morgan fingerprint density at radius 1 is 1.00 bits per heavy atom. The molecule has 1 atom stereocenters. The standard InChI is InChI=1S/C24H28N2O5/c1-5-30-19-13-11-17(12-14-19)25-21(27)15-20(23(25)29)26(24(2,3)4)22(28)16-31-18-9-7-6-8-10-18/h6-14,20H,5,15-16H2,1-4H3. The SMILES string of the molecule is CCOc1ccc(N2C(=O)CC(N(C(=O)COc3ccccc3)C(C)(C)C)C2=O)cc1. The van der Waals surface area contributed by atoms with Crippen molar-refractivity contribution in [3.63, 3.8) is 0 Å². The predicted molar refractivity (Wildman–Crippen MR) is 117 cm³/mol. The zero-order chi connectivity index (χ0) is 22.6. The smallest absolute Gasteiger partial charge is 0.261 e. The number of hydrogen-bond acceptors (Lipinski definition) is 5. The summed E-state index contributed by atoms with van der Waals surface area (Å²) in [5.41, 5.74) is -0.213. The lowest BCUT2D eigenvalue weighted by Crippen LogP contribution is -2.55. The van der Waals surface area contributed by atoms with Gasteiger partial charge < -0.3 is 14.4 Å². The molecule has 3 rings (SSSR count). The van der Waals surface area contributed by atoms with Crippen LogP contribution in [0.25, 0.3) is 0 Å². The Morgan fingerprint density at radius 3 is 2.19 bits per heavy atom. The molecule has 1 unspecified atom stereocenters. The molecule has 3 amide bonds. The molecule has 1 heterocycles. The first kappa shape index (κ1) is 22.3. The minimum absolute atomic E-state index is 0.0691. The van der Waals surface area contributed by atoms with Gasteiger partial charge in [0.05, 0.1) is 18.7 Å². The second kappa shape index (κ2) is 9.20. The number of ether oxygens (including phenoxy) is 2. The van der Waals surface area contributed by atoms with Crippen molar-refractivity contribution in [3.05, 3.63) is 54.6 Å². The normalized spacial score (nSPS) is 16.4. The fraction of sp³-hybridized carbons (Fsp3) is 0.375. The molecule has 7 heteroatoms. The fourth-order valence-corrected chi connectivity index (χ4v) is 3.69. The Labute approximate surface area is 182 Å². The summed E-state index contributed by atoms with van der Waals surface area (Å²) >= 11 is 0. The zero-order valence-electron chi connectivity index (χ0n) is 18.3. The topological polar surface area (TPSA) is 76.2 Å². The van der Waals surface area contributed by atoms with Gasteiger partial charge in [0.15, 0.2) is 6.61 Å². The minimum Gasteiger partial charge on any atom is -0.494 e. The van der Waals surface area contributed by atoms with E-state index in [1.807, 2.05) is 45.9 Å². The largest absolute Gasteiger partial charge is 0.494 e. The molecular weight excluding hydrogens is 396 g/mol. The van der Waals surface area contributed by atoms with Gasteiger partial charge >= 0.3 is 0 Å². The van der Waals surface area contributed by atoms with E-state index in [0.717, 1.165) is 4.90 Å². The lowest BCUT2D eigenvalue weighted by molar-refractivity contribution is -0.145. The number of nitrogens with zero attached hydrogens (tertiary/aromatic N) is 2. The van der Waals surface area contributed by atoms with Crippen molar-refractivity contribution in [1.29, 1.82) is 0 Å². The fourth-order valence-electron chi connectivity index (χ4n) is 3.69. The average molecular weight is 424 g/mol.